The molecule has 0 unspecified atom stereocenters. The molecular formula is C23H22N4O2. The standard InChI is InChI=1S/C23H22N4O2/c1-17-15-26(16-18(2)29-17)23(28)20-8-10-22(27-13-5-12-25-27)19(14-20)7-9-21-6-3-4-11-24-21/h3-6,8,10-14,17-18H,15-16H2,1-2H3/t17-,18-/m1/s1. The number of aromatic nitrogens is 3. The molecule has 0 spiro atoms. The van der Waals surface area contributed by atoms with Crippen LogP contribution in [0, 0.1) is 11.8 Å². The van der Waals surface area contributed by atoms with E-state index in [0.29, 0.717) is 24.3 Å². The number of hydrogen-bond acceptors (Lipinski definition) is 4. The Bertz CT molecular complexity index is 1040. The minimum Gasteiger partial charge on any atom is -0.372 e. The third-order valence-corrected chi connectivity index (χ3v) is 4.69. The number of pyridine rings is 1. The summed E-state index contributed by atoms with van der Waals surface area (Å²) in [6.07, 6.45) is 5.32. The molecule has 1 aliphatic heterocycles. The lowest BCUT2D eigenvalue weighted by atomic mass is 10.1. The molecule has 1 aromatic carbocycles. The van der Waals surface area contributed by atoms with Gasteiger partial charge in [-0.25, -0.2) is 9.67 Å². The second-order valence-corrected chi connectivity index (χ2v) is 7.11. The lowest BCUT2D eigenvalue weighted by Gasteiger charge is -2.35. The van der Waals surface area contributed by atoms with Crippen LogP contribution in [-0.2, 0) is 4.74 Å². The van der Waals surface area contributed by atoms with Crippen molar-refractivity contribution in [2.24, 2.45) is 0 Å². The molecule has 2 atom stereocenters. The summed E-state index contributed by atoms with van der Waals surface area (Å²) in [6, 6.07) is 13.0. The molecule has 0 saturated carbocycles. The monoisotopic (exact) mass is 386 g/mol. The molecule has 2 aromatic heterocycles. The molecule has 3 aromatic rings. The smallest absolute Gasteiger partial charge is 0.254 e. The van der Waals surface area contributed by atoms with Crippen LogP contribution < -0.4 is 0 Å². The van der Waals surface area contributed by atoms with Crippen LogP contribution in [0.3, 0.4) is 0 Å². The number of benzene rings is 1. The van der Waals surface area contributed by atoms with Gasteiger partial charge in [0.2, 0.25) is 0 Å². The van der Waals surface area contributed by atoms with Crippen molar-refractivity contribution in [1.29, 1.82) is 0 Å². The molecule has 1 saturated heterocycles. The largest absolute Gasteiger partial charge is 0.372 e. The lowest BCUT2D eigenvalue weighted by Crippen LogP contribution is -2.48. The van der Waals surface area contributed by atoms with Gasteiger partial charge in [-0.2, -0.15) is 5.10 Å². The van der Waals surface area contributed by atoms with Crippen LogP contribution in [0.5, 0.6) is 0 Å². The number of nitrogens with zero attached hydrogens (tertiary/aromatic N) is 4. The van der Waals surface area contributed by atoms with Crippen molar-refractivity contribution in [2.75, 3.05) is 13.1 Å². The van der Waals surface area contributed by atoms with Gasteiger partial charge in [0.05, 0.1) is 23.5 Å². The quantitative estimate of drug-likeness (QED) is 0.636. The van der Waals surface area contributed by atoms with Crippen molar-refractivity contribution in [3.8, 4) is 17.5 Å². The number of carbonyl (C=O) groups excluding carboxylic acids is 1. The van der Waals surface area contributed by atoms with Crippen LogP contribution >= 0.6 is 0 Å². The molecule has 1 amide bonds. The Kier molecular flexibility index (Phi) is 5.41. The van der Waals surface area contributed by atoms with E-state index in [1.54, 1.807) is 17.1 Å². The fourth-order valence-corrected chi connectivity index (χ4v) is 3.47. The van der Waals surface area contributed by atoms with E-state index < -0.39 is 0 Å². The zero-order valence-corrected chi connectivity index (χ0v) is 16.4. The van der Waals surface area contributed by atoms with Gasteiger partial charge >= 0.3 is 0 Å². The van der Waals surface area contributed by atoms with Crippen molar-refractivity contribution < 1.29 is 9.53 Å². The predicted octanol–water partition coefficient (Wildman–Crippen LogP) is 2.92. The van der Waals surface area contributed by atoms with E-state index in [9.17, 15) is 4.79 Å². The van der Waals surface area contributed by atoms with Crippen molar-refractivity contribution >= 4 is 5.91 Å². The van der Waals surface area contributed by atoms with E-state index in [-0.39, 0.29) is 18.1 Å². The molecule has 4 rings (SSSR count). The minimum absolute atomic E-state index is 0.0140. The summed E-state index contributed by atoms with van der Waals surface area (Å²) in [7, 11) is 0. The van der Waals surface area contributed by atoms with Gasteiger partial charge in [-0.05, 0) is 56.2 Å². The van der Waals surface area contributed by atoms with Gasteiger partial charge in [-0.15, -0.1) is 0 Å². The normalized spacial score (nSPS) is 18.8. The maximum atomic E-state index is 13.1. The fourth-order valence-electron chi connectivity index (χ4n) is 3.47. The number of amides is 1. The summed E-state index contributed by atoms with van der Waals surface area (Å²) >= 11 is 0. The third-order valence-electron chi connectivity index (χ3n) is 4.69. The summed E-state index contributed by atoms with van der Waals surface area (Å²) < 4.78 is 7.49. The van der Waals surface area contributed by atoms with E-state index in [1.165, 1.54) is 0 Å². The van der Waals surface area contributed by atoms with Crippen molar-refractivity contribution in [3.05, 3.63) is 77.9 Å². The summed E-state index contributed by atoms with van der Waals surface area (Å²) in [5.74, 6) is 6.23. The Morgan fingerprint density at radius 1 is 1.07 bits per heavy atom. The van der Waals surface area contributed by atoms with Gasteiger partial charge in [-0.1, -0.05) is 12.0 Å². The third kappa shape index (κ3) is 4.36. The van der Waals surface area contributed by atoms with E-state index >= 15 is 0 Å². The summed E-state index contributed by atoms with van der Waals surface area (Å²) in [6.45, 7) is 5.14. The number of morpholine rings is 1. The second-order valence-electron chi connectivity index (χ2n) is 7.11. The molecule has 1 aliphatic rings. The average molecular weight is 386 g/mol. The number of ether oxygens (including phenoxy) is 1. The van der Waals surface area contributed by atoms with Crippen LogP contribution in [0.4, 0.5) is 0 Å². The zero-order chi connectivity index (χ0) is 20.2. The fraction of sp³-hybridized carbons (Fsp3) is 0.261. The van der Waals surface area contributed by atoms with Gasteiger partial charge in [0, 0.05) is 37.2 Å². The zero-order valence-electron chi connectivity index (χ0n) is 16.4. The van der Waals surface area contributed by atoms with Gasteiger partial charge in [-0.3, -0.25) is 4.79 Å². The van der Waals surface area contributed by atoms with E-state index in [4.69, 9.17) is 4.74 Å². The molecule has 6 nitrogen and oxygen atoms in total. The Labute approximate surface area is 170 Å². The highest BCUT2D eigenvalue weighted by atomic mass is 16.5. The summed E-state index contributed by atoms with van der Waals surface area (Å²) in [5, 5.41) is 4.31. The Morgan fingerprint density at radius 2 is 1.90 bits per heavy atom. The Morgan fingerprint density at radius 3 is 2.59 bits per heavy atom. The van der Waals surface area contributed by atoms with Crippen LogP contribution in [0.25, 0.3) is 5.69 Å². The Balaban J connectivity index is 1.70. The molecule has 146 valence electrons. The summed E-state index contributed by atoms with van der Waals surface area (Å²) in [5.41, 5.74) is 2.82. The first-order valence-corrected chi connectivity index (χ1v) is 9.62. The van der Waals surface area contributed by atoms with Crippen molar-refractivity contribution in [2.45, 2.75) is 26.1 Å². The van der Waals surface area contributed by atoms with Gasteiger partial charge in [0.15, 0.2) is 0 Å². The highest BCUT2D eigenvalue weighted by Crippen LogP contribution is 2.19. The maximum Gasteiger partial charge on any atom is 0.254 e. The van der Waals surface area contributed by atoms with Crippen LogP contribution in [-0.4, -0.2) is 50.9 Å². The van der Waals surface area contributed by atoms with Gasteiger partial charge in [0.25, 0.3) is 5.91 Å². The lowest BCUT2D eigenvalue weighted by molar-refractivity contribution is -0.0586. The van der Waals surface area contributed by atoms with E-state index in [0.717, 1.165) is 11.3 Å². The molecule has 1 fully saturated rings. The topological polar surface area (TPSA) is 60.2 Å². The highest BCUT2D eigenvalue weighted by Gasteiger charge is 2.27. The second kappa shape index (κ2) is 8.29. The van der Waals surface area contributed by atoms with Crippen molar-refractivity contribution in [3.63, 3.8) is 0 Å². The van der Waals surface area contributed by atoms with E-state index in [1.807, 2.05) is 67.4 Å². The molecule has 6 heteroatoms. The van der Waals surface area contributed by atoms with Crippen molar-refractivity contribution in [1.82, 2.24) is 19.7 Å². The first kappa shape index (κ1) is 18.9. The maximum absolute atomic E-state index is 13.1. The molecule has 0 radical (unpaired) electrons. The predicted molar refractivity (Wildman–Crippen MR) is 110 cm³/mol. The number of carbonyl (C=O) groups is 1. The molecule has 0 bridgehead atoms. The molecule has 3 heterocycles. The van der Waals surface area contributed by atoms with Crippen LogP contribution in [0.2, 0.25) is 0 Å². The van der Waals surface area contributed by atoms with E-state index in [2.05, 4.69) is 21.9 Å². The SMILES string of the molecule is C[C@@H]1CN(C(=O)c2ccc(-n3cccn3)c(C#Cc3ccccn3)c2)C[C@@H](C)O1. The first-order chi connectivity index (χ1) is 14.1. The molecule has 29 heavy (non-hydrogen) atoms. The average Bonchev–Trinajstić information content (AvgIpc) is 3.26. The van der Waals surface area contributed by atoms with Gasteiger partial charge in [0.1, 0.15) is 5.69 Å². The number of hydrogen-bond donors (Lipinski definition) is 0. The summed E-state index contributed by atoms with van der Waals surface area (Å²) in [4.78, 5) is 19.2. The molecule has 0 N–H and O–H groups in total. The first-order valence-electron chi connectivity index (χ1n) is 9.62. The molecule has 0 aliphatic carbocycles. The van der Waals surface area contributed by atoms with Gasteiger partial charge < -0.3 is 9.64 Å². The number of rotatable bonds is 2. The minimum atomic E-state index is -0.0140. The highest BCUT2D eigenvalue weighted by molar-refractivity contribution is 5.95. The Hall–Kier alpha value is -3.43. The molecular weight excluding hydrogens is 364 g/mol. The van der Waals surface area contributed by atoms with Crippen LogP contribution in [0.1, 0.15) is 35.5 Å². The van der Waals surface area contributed by atoms with Crippen LogP contribution in [0.15, 0.2) is 61.1 Å².